The third kappa shape index (κ3) is 3.66. The number of nitrogens with zero attached hydrogens (tertiary/aromatic N) is 2. The van der Waals surface area contributed by atoms with Crippen LogP contribution in [0.1, 0.15) is 16.1 Å². The molecule has 3 N–H and O–H groups in total. The maximum atomic E-state index is 14.3. The van der Waals surface area contributed by atoms with Gasteiger partial charge in [-0.15, -0.1) is 0 Å². The van der Waals surface area contributed by atoms with E-state index in [2.05, 4.69) is 15.3 Å². The van der Waals surface area contributed by atoms with Gasteiger partial charge in [-0.2, -0.15) is 0 Å². The summed E-state index contributed by atoms with van der Waals surface area (Å²) in [5.74, 6) is -1.11. The van der Waals surface area contributed by atoms with Crippen LogP contribution in [-0.4, -0.2) is 36.6 Å². The molecule has 9 heteroatoms. The van der Waals surface area contributed by atoms with E-state index in [-0.39, 0.29) is 36.0 Å². The predicted octanol–water partition coefficient (Wildman–Crippen LogP) is 2.68. The molecule has 2 heterocycles. The van der Waals surface area contributed by atoms with Crippen LogP contribution in [0.5, 0.6) is 0 Å². The number of carbonyl (C=O) groups is 1. The summed E-state index contributed by atoms with van der Waals surface area (Å²) in [6, 6.07) is 6.77. The van der Waals surface area contributed by atoms with Gasteiger partial charge < -0.3 is 15.8 Å². The van der Waals surface area contributed by atoms with Crippen LogP contribution in [0.4, 0.5) is 14.5 Å². The van der Waals surface area contributed by atoms with Gasteiger partial charge >= 0.3 is 0 Å². The van der Waals surface area contributed by atoms with Gasteiger partial charge in [-0.25, -0.2) is 13.8 Å². The lowest BCUT2D eigenvalue weighted by atomic mass is 9.91. The molecule has 2 aromatic rings. The number of aromatic nitrogens is 1. The van der Waals surface area contributed by atoms with E-state index in [0.717, 1.165) is 6.07 Å². The third-order valence-corrected chi connectivity index (χ3v) is 4.08. The van der Waals surface area contributed by atoms with Gasteiger partial charge in [0.15, 0.2) is 0 Å². The number of hydrogen-bond donors (Lipinski definition) is 2. The van der Waals surface area contributed by atoms with E-state index in [9.17, 15) is 13.6 Å². The van der Waals surface area contributed by atoms with Crippen molar-refractivity contribution in [1.82, 2.24) is 4.98 Å². The van der Waals surface area contributed by atoms with Crippen molar-refractivity contribution in [1.29, 1.82) is 0 Å². The van der Waals surface area contributed by atoms with Crippen LogP contribution < -0.4 is 11.1 Å². The highest BCUT2D eigenvalue weighted by atomic mass is 35.5. The molecular weight excluding hydrogens is 366 g/mol. The topological polar surface area (TPSA) is 89.6 Å². The molecule has 0 spiro atoms. The molecule has 1 atom stereocenters. The first-order chi connectivity index (χ1) is 12.4. The molecule has 0 aliphatic carbocycles. The number of ether oxygens (including phenoxy) is 1. The summed E-state index contributed by atoms with van der Waals surface area (Å²) in [7, 11) is 0. The van der Waals surface area contributed by atoms with Crippen LogP contribution >= 0.6 is 11.6 Å². The molecule has 1 aliphatic rings. The van der Waals surface area contributed by atoms with Gasteiger partial charge in [-0.1, -0.05) is 11.6 Å². The lowest BCUT2D eigenvalue weighted by molar-refractivity contribution is 0.0809. The number of aliphatic imine (C=N–C) groups is 1. The van der Waals surface area contributed by atoms with Crippen molar-refractivity contribution in [2.75, 3.05) is 25.2 Å². The van der Waals surface area contributed by atoms with Crippen molar-refractivity contribution in [3.63, 3.8) is 0 Å². The van der Waals surface area contributed by atoms with E-state index in [0.29, 0.717) is 5.02 Å². The molecule has 3 rings (SSSR count). The fourth-order valence-electron chi connectivity index (χ4n) is 2.61. The van der Waals surface area contributed by atoms with Crippen LogP contribution in [0.15, 0.2) is 41.5 Å². The molecule has 0 saturated carbocycles. The van der Waals surface area contributed by atoms with E-state index in [1.165, 1.54) is 30.5 Å². The number of halogens is 3. The molecule has 1 aliphatic heterocycles. The van der Waals surface area contributed by atoms with Crippen molar-refractivity contribution < 1.29 is 18.3 Å². The highest BCUT2D eigenvalue weighted by Gasteiger charge is 2.38. The number of anilines is 1. The molecule has 136 valence electrons. The van der Waals surface area contributed by atoms with Crippen LogP contribution in [0.25, 0.3) is 0 Å². The van der Waals surface area contributed by atoms with Gasteiger partial charge in [-0.05, 0) is 30.3 Å². The normalized spacial score (nSPS) is 19.7. The molecule has 0 bridgehead atoms. The summed E-state index contributed by atoms with van der Waals surface area (Å²) >= 11 is 5.74. The van der Waals surface area contributed by atoms with Gasteiger partial charge in [0.2, 0.25) is 0 Å². The smallest absolute Gasteiger partial charge is 0.274 e. The summed E-state index contributed by atoms with van der Waals surface area (Å²) in [5.41, 5.74) is 4.39. The fourth-order valence-corrected chi connectivity index (χ4v) is 2.72. The molecule has 0 saturated heterocycles. The minimum Gasteiger partial charge on any atom is -0.385 e. The Morgan fingerprint density at radius 3 is 2.85 bits per heavy atom. The van der Waals surface area contributed by atoms with Crippen molar-refractivity contribution in [2.24, 2.45) is 10.7 Å². The number of amidine groups is 1. The van der Waals surface area contributed by atoms with Crippen molar-refractivity contribution in [3.05, 3.63) is 58.6 Å². The van der Waals surface area contributed by atoms with Gasteiger partial charge in [0.25, 0.3) is 5.91 Å². The lowest BCUT2D eigenvalue weighted by Gasteiger charge is -2.31. The number of alkyl halides is 1. The molecular formula is C17H15ClF2N4O2. The van der Waals surface area contributed by atoms with Crippen molar-refractivity contribution in [3.8, 4) is 0 Å². The molecule has 26 heavy (non-hydrogen) atoms. The Balaban J connectivity index is 1.91. The van der Waals surface area contributed by atoms with Crippen LogP contribution in [0, 0.1) is 5.82 Å². The van der Waals surface area contributed by atoms with Crippen molar-refractivity contribution in [2.45, 2.75) is 5.54 Å². The molecule has 1 unspecified atom stereocenters. The first kappa shape index (κ1) is 18.2. The largest absolute Gasteiger partial charge is 0.385 e. The van der Waals surface area contributed by atoms with Crippen LogP contribution in [0.3, 0.4) is 0 Å². The third-order valence-electron chi connectivity index (χ3n) is 3.86. The van der Waals surface area contributed by atoms with E-state index in [4.69, 9.17) is 22.1 Å². The Kier molecular flexibility index (Phi) is 5.15. The number of pyridine rings is 1. The Morgan fingerprint density at radius 1 is 1.38 bits per heavy atom. The average molecular weight is 381 g/mol. The van der Waals surface area contributed by atoms with Gasteiger partial charge in [-0.3, -0.25) is 9.79 Å². The Labute approximate surface area is 153 Å². The van der Waals surface area contributed by atoms with E-state index >= 15 is 0 Å². The van der Waals surface area contributed by atoms with Crippen LogP contribution in [-0.2, 0) is 10.3 Å². The summed E-state index contributed by atoms with van der Waals surface area (Å²) < 4.78 is 33.3. The highest BCUT2D eigenvalue weighted by Crippen LogP contribution is 2.33. The zero-order valence-corrected chi connectivity index (χ0v) is 14.3. The summed E-state index contributed by atoms with van der Waals surface area (Å²) in [6.07, 6.45) is 1.33. The first-order valence-electron chi connectivity index (χ1n) is 7.64. The zero-order chi connectivity index (χ0) is 18.7. The standard InChI is InChI=1S/C17H15ClF2N4O2/c18-10-1-4-14(22-6-10)16(25)23-11-2-3-13(20)12(5-11)17(8-19)9-26-7-15(21)24-17/h1-6H,7-9H2,(H2,21,24)(H,23,25). The zero-order valence-electron chi connectivity index (χ0n) is 13.5. The first-order valence-corrected chi connectivity index (χ1v) is 8.02. The van der Waals surface area contributed by atoms with Crippen LogP contribution in [0.2, 0.25) is 5.02 Å². The van der Waals surface area contributed by atoms with Crippen molar-refractivity contribution >= 4 is 29.0 Å². The van der Waals surface area contributed by atoms with Gasteiger partial charge in [0.1, 0.15) is 36.2 Å². The maximum absolute atomic E-state index is 14.3. The number of nitrogens with two attached hydrogens (primary N) is 1. The average Bonchev–Trinajstić information content (AvgIpc) is 2.63. The van der Waals surface area contributed by atoms with Gasteiger partial charge in [0, 0.05) is 17.4 Å². The number of benzene rings is 1. The van der Waals surface area contributed by atoms with E-state index in [1.807, 2.05) is 0 Å². The Morgan fingerprint density at radius 2 is 2.19 bits per heavy atom. The monoisotopic (exact) mass is 380 g/mol. The molecule has 0 fully saturated rings. The van der Waals surface area contributed by atoms with E-state index in [1.54, 1.807) is 0 Å². The molecule has 6 nitrogen and oxygen atoms in total. The molecule has 0 radical (unpaired) electrons. The summed E-state index contributed by atoms with van der Waals surface area (Å²) in [6.45, 7) is -1.10. The quantitative estimate of drug-likeness (QED) is 0.853. The number of hydrogen-bond acceptors (Lipinski definition) is 5. The lowest BCUT2D eigenvalue weighted by Crippen LogP contribution is -2.42. The second-order valence-electron chi connectivity index (χ2n) is 5.77. The fraction of sp³-hybridized carbons (Fsp3) is 0.235. The minimum atomic E-state index is -1.58. The predicted molar refractivity (Wildman–Crippen MR) is 93.7 cm³/mol. The second kappa shape index (κ2) is 7.35. The molecule has 1 aromatic carbocycles. The maximum Gasteiger partial charge on any atom is 0.274 e. The number of carbonyl (C=O) groups excluding carboxylic acids is 1. The van der Waals surface area contributed by atoms with Gasteiger partial charge in [0.05, 0.1) is 11.6 Å². The van der Waals surface area contributed by atoms with E-state index < -0.39 is 23.9 Å². The Bertz CT molecular complexity index is 860. The molecule has 1 aromatic heterocycles. The Hall–Kier alpha value is -2.58. The minimum absolute atomic E-state index is 0.0514. The highest BCUT2D eigenvalue weighted by molar-refractivity contribution is 6.30. The number of rotatable bonds is 4. The second-order valence-corrected chi connectivity index (χ2v) is 6.21. The number of nitrogens with one attached hydrogen (secondary N) is 1. The SMILES string of the molecule is NC1=NC(CF)(c2cc(NC(=O)c3ccc(Cl)cn3)ccc2F)COC1. The number of amides is 1. The summed E-state index contributed by atoms with van der Waals surface area (Å²) in [5, 5.41) is 2.97. The summed E-state index contributed by atoms with van der Waals surface area (Å²) in [4.78, 5) is 20.2. The molecule has 1 amide bonds.